The van der Waals surface area contributed by atoms with Crippen molar-refractivity contribution in [1.29, 1.82) is 0 Å². The lowest BCUT2D eigenvalue weighted by molar-refractivity contribution is -0.137. The zero-order valence-electron chi connectivity index (χ0n) is 17.1. The van der Waals surface area contributed by atoms with Gasteiger partial charge in [0.25, 0.3) is 5.56 Å². The van der Waals surface area contributed by atoms with Crippen molar-refractivity contribution in [2.45, 2.75) is 32.5 Å². The topological polar surface area (TPSA) is 53.4 Å². The number of halogens is 3. The van der Waals surface area contributed by atoms with E-state index >= 15 is 0 Å². The average Bonchev–Trinajstić information content (AvgIpc) is 3.14. The van der Waals surface area contributed by atoms with Crippen LogP contribution in [0.25, 0.3) is 22.6 Å². The molecule has 4 rings (SSSR count). The first-order valence-corrected chi connectivity index (χ1v) is 9.95. The minimum Gasteiger partial charge on any atom is -0.493 e. The molecule has 1 aromatic heterocycles. The molecule has 2 aromatic carbocycles. The molecule has 2 heterocycles. The molecule has 8 heteroatoms. The Morgan fingerprint density at radius 2 is 1.97 bits per heavy atom. The summed E-state index contributed by atoms with van der Waals surface area (Å²) < 4.78 is 51.9. The van der Waals surface area contributed by atoms with Crippen LogP contribution in [0.2, 0.25) is 0 Å². The van der Waals surface area contributed by atoms with Crippen LogP contribution in [-0.2, 0) is 12.7 Å². The third kappa shape index (κ3) is 4.02. The number of hydrogen-bond donors (Lipinski definition) is 0. The predicted octanol–water partition coefficient (Wildman–Crippen LogP) is 5.16. The first kappa shape index (κ1) is 21.0. The minimum absolute atomic E-state index is 0.0415. The van der Waals surface area contributed by atoms with E-state index in [2.05, 4.69) is 4.98 Å². The maximum absolute atomic E-state index is 13.1. The number of alkyl halides is 3. The van der Waals surface area contributed by atoms with E-state index in [1.165, 1.54) is 10.6 Å². The molecule has 0 aliphatic carbocycles. The van der Waals surface area contributed by atoms with Crippen molar-refractivity contribution in [1.82, 2.24) is 9.55 Å². The molecule has 0 amide bonds. The van der Waals surface area contributed by atoms with Gasteiger partial charge in [-0.25, -0.2) is 4.98 Å². The summed E-state index contributed by atoms with van der Waals surface area (Å²) in [5.41, 5.74) is 0.480. The smallest absolute Gasteiger partial charge is 0.416 e. The number of nitrogens with zero attached hydrogens (tertiary/aromatic N) is 2. The summed E-state index contributed by atoms with van der Waals surface area (Å²) in [4.78, 5) is 17.2. The fraction of sp³-hybridized carbons (Fsp3) is 0.304. The zero-order chi connectivity index (χ0) is 22.2. The van der Waals surface area contributed by atoms with E-state index in [0.717, 1.165) is 29.7 Å². The minimum atomic E-state index is -4.50. The summed E-state index contributed by atoms with van der Waals surface area (Å²) >= 11 is 0. The van der Waals surface area contributed by atoms with Crippen molar-refractivity contribution >= 4 is 22.6 Å². The van der Waals surface area contributed by atoms with Gasteiger partial charge in [0.1, 0.15) is 5.82 Å². The Labute approximate surface area is 176 Å². The molecule has 162 valence electrons. The largest absolute Gasteiger partial charge is 0.493 e. The van der Waals surface area contributed by atoms with Gasteiger partial charge in [-0.15, -0.1) is 0 Å². The number of allylic oxidation sites excluding steroid dienone is 1. The highest BCUT2D eigenvalue weighted by Gasteiger charge is 2.31. The van der Waals surface area contributed by atoms with Crippen LogP contribution in [0.15, 0.2) is 41.2 Å². The molecule has 5 nitrogen and oxygen atoms in total. The molecule has 0 atom stereocenters. The highest BCUT2D eigenvalue weighted by molar-refractivity contribution is 5.85. The molecule has 0 radical (unpaired) electrons. The fourth-order valence-electron chi connectivity index (χ4n) is 3.64. The summed E-state index contributed by atoms with van der Waals surface area (Å²) in [7, 11) is 1.56. The van der Waals surface area contributed by atoms with E-state index in [1.807, 2.05) is 31.2 Å². The van der Waals surface area contributed by atoms with Crippen LogP contribution in [0.4, 0.5) is 13.2 Å². The Morgan fingerprint density at radius 1 is 1.16 bits per heavy atom. The van der Waals surface area contributed by atoms with Crippen molar-refractivity contribution in [2.24, 2.45) is 0 Å². The Kier molecular flexibility index (Phi) is 5.47. The molecule has 31 heavy (non-hydrogen) atoms. The van der Waals surface area contributed by atoms with Crippen molar-refractivity contribution < 1.29 is 22.6 Å². The van der Waals surface area contributed by atoms with Crippen molar-refractivity contribution in [3.63, 3.8) is 0 Å². The molecule has 0 unspecified atom stereocenters. The molecule has 0 spiro atoms. The number of benzene rings is 2. The first-order valence-electron chi connectivity index (χ1n) is 9.95. The Balaban J connectivity index is 1.77. The van der Waals surface area contributed by atoms with Gasteiger partial charge in [-0.1, -0.05) is 13.0 Å². The van der Waals surface area contributed by atoms with Crippen LogP contribution >= 0.6 is 0 Å². The quantitative estimate of drug-likeness (QED) is 0.561. The summed E-state index contributed by atoms with van der Waals surface area (Å²) in [6.45, 7) is 3.02. The van der Waals surface area contributed by atoms with E-state index in [4.69, 9.17) is 9.47 Å². The molecule has 1 aliphatic heterocycles. The normalized spacial score (nSPS) is 14.8. The maximum atomic E-state index is 13.1. The maximum Gasteiger partial charge on any atom is 0.416 e. The van der Waals surface area contributed by atoms with Gasteiger partial charge >= 0.3 is 6.18 Å². The Bertz CT molecular complexity index is 1230. The van der Waals surface area contributed by atoms with Gasteiger partial charge in [-0.2, -0.15) is 13.2 Å². The van der Waals surface area contributed by atoms with E-state index in [1.54, 1.807) is 7.11 Å². The van der Waals surface area contributed by atoms with E-state index in [-0.39, 0.29) is 16.5 Å². The van der Waals surface area contributed by atoms with Crippen molar-refractivity contribution in [2.75, 3.05) is 13.7 Å². The number of methoxy groups -OCH3 is 1. The lowest BCUT2D eigenvalue weighted by Crippen LogP contribution is -2.21. The van der Waals surface area contributed by atoms with Gasteiger partial charge in [0.15, 0.2) is 11.5 Å². The summed E-state index contributed by atoms with van der Waals surface area (Å²) in [6.07, 6.45) is -1.20. The van der Waals surface area contributed by atoms with Gasteiger partial charge < -0.3 is 9.47 Å². The van der Waals surface area contributed by atoms with Gasteiger partial charge in [-0.05, 0) is 60.4 Å². The van der Waals surface area contributed by atoms with E-state index < -0.39 is 11.7 Å². The van der Waals surface area contributed by atoms with Crippen LogP contribution < -0.4 is 15.0 Å². The number of hydrogen-bond acceptors (Lipinski definition) is 4. The second-order valence-corrected chi connectivity index (χ2v) is 7.30. The van der Waals surface area contributed by atoms with Gasteiger partial charge in [-0.3, -0.25) is 9.36 Å². The Hall–Kier alpha value is -3.29. The second-order valence-electron chi connectivity index (χ2n) is 7.30. The standard InChI is InChI=1S/C23H21F3N2O3/c1-3-10-31-19-7-4-14(12-20(19)30-2)11-15-8-9-28-21(15)27-18-13-16(23(24,25)26)5-6-17(18)22(28)29/h4-7,11-13H,3,8-10H2,1-2H3/b15-11+. The highest BCUT2D eigenvalue weighted by atomic mass is 19.4. The summed E-state index contributed by atoms with van der Waals surface area (Å²) in [5, 5.41) is 0.178. The van der Waals surface area contributed by atoms with Crippen molar-refractivity contribution in [3.8, 4) is 11.5 Å². The number of ether oxygens (including phenoxy) is 2. The zero-order valence-corrected chi connectivity index (χ0v) is 17.1. The number of aromatic nitrogens is 2. The number of rotatable bonds is 5. The van der Waals surface area contributed by atoms with Crippen LogP contribution in [0.1, 0.15) is 36.7 Å². The highest BCUT2D eigenvalue weighted by Crippen LogP contribution is 2.34. The number of fused-ring (bicyclic) bond motifs is 2. The second kappa shape index (κ2) is 8.09. The van der Waals surface area contributed by atoms with Crippen LogP contribution in [0, 0.1) is 0 Å². The molecule has 0 saturated carbocycles. The Morgan fingerprint density at radius 3 is 2.68 bits per heavy atom. The lowest BCUT2D eigenvalue weighted by atomic mass is 10.1. The van der Waals surface area contributed by atoms with Crippen LogP contribution in [-0.4, -0.2) is 23.3 Å². The third-order valence-electron chi connectivity index (χ3n) is 5.16. The SMILES string of the molecule is CCCOc1ccc(/C=C2\CCn3c2nc2cc(C(F)(F)F)ccc2c3=O)cc1OC. The average molecular weight is 430 g/mol. The molecule has 3 aromatic rings. The van der Waals surface area contributed by atoms with Gasteiger partial charge in [0.2, 0.25) is 0 Å². The van der Waals surface area contributed by atoms with Crippen LogP contribution in [0.5, 0.6) is 11.5 Å². The summed E-state index contributed by atoms with van der Waals surface area (Å²) in [5.74, 6) is 1.61. The molecule has 1 aliphatic rings. The lowest BCUT2D eigenvalue weighted by Gasteiger charge is -2.11. The molecular formula is C23H21F3N2O3. The monoisotopic (exact) mass is 430 g/mol. The molecular weight excluding hydrogens is 409 g/mol. The molecule has 0 bridgehead atoms. The summed E-state index contributed by atoms with van der Waals surface area (Å²) in [6, 6.07) is 8.54. The van der Waals surface area contributed by atoms with E-state index in [9.17, 15) is 18.0 Å². The molecule has 0 fully saturated rings. The predicted molar refractivity (Wildman–Crippen MR) is 112 cm³/mol. The van der Waals surface area contributed by atoms with Crippen LogP contribution in [0.3, 0.4) is 0 Å². The van der Waals surface area contributed by atoms with E-state index in [0.29, 0.717) is 36.9 Å². The fourth-order valence-corrected chi connectivity index (χ4v) is 3.64. The molecule has 0 saturated heterocycles. The van der Waals surface area contributed by atoms with Crippen molar-refractivity contribution in [3.05, 3.63) is 63.7 Å². The first-order chi connectivity index (χ1) is 14.8. The molecule has 0 N–H and O–H groups in total. The van der Waals surface area contributed by atoms with Gasteiger partial charge in [0, 0.05) is 6.54 Å². The third-order valence-corrected chi connectivity index (χ3v) is 5.16. The van der Waals surface area contributed by atoms with Gasteiger partial charge in [0.05, 0.1) is 30.2 Å².